The van der Waals surface area contributed by atoms with Gasteiger partial charge in [-0.15, -0.1) is 24.0 Å². The minimum atomic E-state index is 0. The maximum Gasteiger partial charge on any atom is 0.194 e. The van der Waals surface area contributed by atoms with E-state index in [1.807, 2.05) is 47.7 Å². The molecule has 0 bridgehead atoms. The fourth-order valence-electron chi connectivity index (χ4n) is 2.80. The number of halogens is 2. The molecule has 8 heteroatoms. The zero-order valence-corrected chi connectivity index (χ0v) is 18.0. The first-order valence-electron chi connectivity index (χ1n) is 7.69. The van der Waals surface area contributed by atoms with Crippen LogP contribution in [0.3, 0.4) is 0 Å². The molecule has 5 nitrogen and oxygen atoms in total. The summed E-state index contributed by atoms with van der Waals surface area (Å²) in [5.74, 6) is 2.06. The van der Waals surface area contributed by atoms with E-state index in [1.165, 1.54) is 0 Å². The smallest absolute Gasteiger partial charge is 0.194 e. The Morgan fingerprint density at radius 1 is 1.42 bits per heavy atom. The SMILES string of the molecule is CN=C(NCc1cn2cc(Cl)ccc2n1)N1CCSC(C)(C)C1.I. The summed E-state index contributed by atoms with van der Waals surface area (Å²) in [6.45, 7) is 7.23. The molecular formula is C16H23ClIN5S. The molecule has 0 unspecified atom stereocenters. The second kappa shape index (κ2) is 8.14. The van der Waals surface area contributed by atoms with Gasteiger partial charge in [-0.2, -0.15) is 11.8 Å². The third-order valence-electron chi connectivity index (χ3n) is 3.83. The average molecular weight is 480 g/mol. The van der Waals surface area contributed by atoms with Crippen molar-refractivity contribution in [3.05, 3.63) is 35.2 Å². The number of nitrogens with one attached hydrogen (secondary N) is 1. The average Bonchev–Trinajstić information content (AvgIpc) is 2.89. The zero-order chi connectivity index (χ0) is 16.4. The van der Waals surface area contributed by atoms with E-state index in [1.54, 1.807) is 0 Å². The summed E-state index contributed by atoms with van der Waals surface area (Å²) in [5, 5.41) is 4.13. The minimum Gasteiger partial charge on any atom is -0.351 e. The zero-order valence-electron chi connectivity index (χ0n) is 14.1. The lowest BCUT2D eigenvalue weighted by atomic mass is 10.2. The van der Waals surface area contributed by atoms with Gasteiger partial charge in [0.2, 0.25) is 0 Å². The Kier molecular flexibility index (Phi) is 6.66. The van der Waals surface area contributed by atoms with Gasteiger partial charge in [0.1, 0.15) is 5.65 Å². The number of aliphatic imine (C=N–C) groups is 1. The third-order valence-corrected chi connectivity index (χ3v) is 5.35. The van der Waals surface area contributed by atoms with Crippen molar-refractivity contribution in [3.8, 4) is 0 Å². The summed E-state index contributed by atoms with van der Waals surface area (Å²) >= 11 is 8.03. The lowest BCUT2D eigenvalue weighted by Gasteiger charge is -2.39. The Morgan fingerprint density at radius 2 is 2.21 bits per heavy atom. The van der Waals surface area contributed by atoms with E-state index in [-0.39, 0.29) is 28.7 Å². The number of imidazole rings is 1. The number of nitrogens with zero attached hydrogens (tertiary/aromatic N) is 4. The molecule has 132 valence electrons. The number of hydrogen-bond acceptors (Lipinski definition) is 3. The van der Waals surface area contributed by atoms with Gasteiger partial charge in [-0.3, -0.25) is 4.99 Å². The second-order valence-corrected chi connectivity index (χ2v) is 8.51. The van der Waals surface area contributed by atoms with Crippen molar-refractivity contribution in [3.63, 3.8) is 0 Å². The van der Waals surface area contributed by atoms with Gasteiger partial charge < -0.3 is 14.6 Å². The molecule has 0 radical (unpaired) electrons. The second-order valence-electron chi connectivity index (χ2n) is 6.28. The summed E-state index contributed by atoms with van der Waals surface area (Å²) in [7, 11) is 1.83. The number of aromatic nitrogens is 2. The Labute approximate surface area is 169 Å². The van der Waals surface area contributed by atoms with Crippen molar-refractivity contribution in [1.82, 2.24) is 19.6 Å². The van der Waals surface area contributed by atoms with Crippen LogP contribution in [0.4, 0.5) is 0 Å². The third kappa shape index (κ3) is 4.70. The van der Waals surface area contributed by atoms with Crippen LogP contribution in [0, 0.1) is 0 Å². The van der Waals surface area contributed by atoms with Gasteiger partial charge in [0.15, 0.2) is 5.96 Å². The first-order valence-corrected chi connectivity index (χ1v) is 9.06. The van der Waals surface area contributed by atoms with Crippen LogP contribution < -0.4 is 5.32 Å². The normalized spacial score (nSPS) is 17.7. The molecule has 1 N–H and O–H groups in total. The summed E-state index contributed by atoms with van der Waals surface area (Å²) in [6.07, 6.45) is 3.87. The number of pyridine rings is 1. The fourth-order valence-corrected chi connectivity index (χ4v) is 4.08. The lowest BCUT2D eigenvalue weighted by molar-refractivity contribution is 0.375. The van der Waals surface area contributed by atoms with Crippen molar-refractivity contribution in [2.75, 3.05) is 25.9 Å². The molecule has 2 aromatic rings. The molecule has 0 saturated carbocycles. The number of rotatable bonds is 2. The Balaban J connectivity index is 0.00000208. The highest BCUT2D eigenvalue weighted by molar-refractivity contribution is 14.0. The van der Waals surface area contributed by atoms with E-state index in [0.717, 1.165) is 36.1 Å². The molecule has 3 rings (SSSR count). The number of fused-ring (bicyclic) bond motifs is 1. The monoisotopic (exact) mass is 479 g/mol. The van der Waals surface area contributed by atoms with Crippen LogP contribution >= 0.6 is 47.3 Å². The fraction of sp³-hybridized carbons (Fsp3) is 0.500. The highest BCUT2D eigenvalue weighted by atomic mass is 127. The predicted molar refractivity (Wildman–Crippen MR) is 114 cm³/mol. The van der Waals surface area contributed by atoms with Crippen LogP contribution in [0.15, 0.2) is 29.5 Å². The molecule has 0 aromatic carbocycles. The van der Waals surface area contributed by atoms with Crippen LogP contribution in [0.25, 0.3) is 5.65 Å². The predicted octanol–water partition coefficient (Wildman–Crippen LogP) is 3.51. The maximum atomic E-state index is 6.01. The van der Waals surface area contributed by atoms with Crippen molar-refractivity contribution in [2.45, 2.75) is 25.1 Å². The van der Waals surface area contributed by atoms with Crippen LogP contribution in [0.5, 0.6) is 0 Å². The summed E-state index contributed by atoms with van der Waals surface area (Å²) in [6, 6.07) is 3.78. The van der Waals surface area contributed by atoms with Gasteiger partial charge in [0.05, 0.1) is 17.3 Å². The highest BCUT2D eigenvalue weighted by Gasteiger charge is 2.28. The van der Waals surface area contributed by atoms with E-state index < -0.39 is 0 Å². The number of hydrogen-bond donors (Lipinski definition) is 1. The standard InChI is InChI=1S/C16H22ClN5S.HI/c1-16(2)11-21(6-7-23-16)15(18-3)19-8-13-10-22-9-12(17)4-5-14(22)20-13;/h4-5,9-10H,6-8,11H2,1-3H3,(H,18,19);1H. The molecule has 3 heterocycles. The maximum absolute atomic E-state index is 6.01. The van der Waals surface area contributed by atoms with Gasteiger partial charge in [0, 0.05) is 43.0 Å². The Hall–Kier alpha value is -0.670. The topological polar surface area (TPSA) is 44.9 Å². The minimum absolute atomic E-state index is 0. The van der Waals surface area contributed by atoms with Gasteiger partial charge >= 0.3 is 0 Å². The summed E-state index contributed by atoms with van der Waals surface area (Å²) in [5.41, 5.74) is 1.87. The van der Waals surface area contributed by atoms with E-state index in [4.69, 9.17) is 11.6 Å². The highest BCUT2D eigenvalue weighted by Crippen LogP contribution is 2.29. The van der Waals surface area contributed by atoms with Gasteiger partial charge in [-0.05, 0) is 26.0 Å². The molecule has 1 saturated heterocycles. The molecule has 0 amide bonds. The quantitative estimate of drug-likeness (QED) is 0.407. The molecule has 2 aromatic heterocycles. The van der Waals surface area contributed by atoms with Crippen LogP contribution in [0.1, 0.15) is 19.5 Å². The van der Waals surface area contributed by atoms with E-state index >= 15 is 0 Å². The number of thioether (sulfide) groups is 1. The van der Waals surface area contributed by atoms with Crippen LogP contribution in [-0.4, -0.2) is 50.9 Å². The molecular weight excluding hydrogens is 457 g/mol. The Morgan fingerprint density at radius 3 is 2.92 bits per heavy atom. The van der Waals surface area contributed by atoms with Gasteiger partial charge in [-0.25, -0.2) is 4.98 Å². The van der Waals surface area contributed by atoms with Crippen LogP contribution in [-0.2, 0) is 6.54 Å². The summed E-state index contributed by atoms with van der Waals surface area (Å²) < 4.78 is 2.21. The van der Waals surface area contributed by atoms with Gasteiger partial charge in [-0.1, -0.05) is 11.6 Å². The first-order chi connectivity index (χ1) is 11.0. The van der Waals surface area contributed by atoms with Crippen molar-refractivity contribution in [2.24, 2.45) is 4.99 Å². The molecule has 0 spiro atoms. The molecule has 24 heavy (non-hydrogen) atoms. The van der Waals surface area contributed by atoms with Crippen molar-refractivity contribution >= 4 is 58.9 Å². The molecule has 1 aliphatic heterocycles. The molecule has 0 atom stereocenters. The molecule has 1 aliphatic rings. The van der Waals surface area contributed by atoms with E-state index in [2.05, 4.69) is 34.0 Å². The molecule has 1 fully saturated rings. The van der Waals surface area contributed by atoms with E-state index in [0.29, 0.717) is 11.6 Å². The van der Waals surface area contributed by atoms with E-state index in [9.17, 15) is 0 Å². The lowest BCUT2D eigenvalue weighted by Crippen LogP contribution is -2.50. The van der Waals surface area contributed by atoms with Crippen molar-refractivity contribution < 1.29 is 0 Å². The van der Waals surface area contributed by atoms with Crippen LogP contribution in [0.2, 0.25) is 5.02 Å². The first kappa shape index (κ1) is 19.7. The summed E-state index contributed by atoms with van der Waals surface area (Å²) in [4.78, 5) is 11.3. The van der Waals surface area contributed by atoms with Gasteiger partial charge in [0.25, 0.3) is 0 Å². The largest absolute Gasteiger partial charge is 0.351 e. The van der Waals surface area contributed by atoms with Crippen molar-refractivity contribution in [1.29, 1.82) is 0 Å². The number of guanidine groups is 1. The molecule has 0 aliphatic carbocycles. The Bertz CT molecular complexity index is 730.